The zero-order valence-corrected chi connectivity index (χ0v) is 14.0. The van der Waals surface area contributed by atoms with E-state index >= 15 is 0 Å². The lowest BCUT2D eigenvalue weighted by atomic mass is 10.1. The standard InChI is InChI=1S/C19H23N3O2/c1-15-2-5-17(6-3-15)21-19(23)7-4-16-8-9-20-18(14-16)22-10-12-24-13-11-22/h2-3,5-6,8-9,14H,4,7,10-13H2,1H3,(H,21,23). The average molecular weight is 325 g/mol. The highest BCUT2D eigenvalue weighted by Gasteiger charge is 2.13. The second-order valence-corrected chi connectivity index (χ2v) is 6.04. The topological polar surface area (TPSA) is 54.5 Å². The molecule has 1 aromatic heterocycles. The van der Waals surface area contributed by atoms with Crippen LogP contribution in [0.3, 0.4) is 0 Å². The van der Waals surface area contributed by atoms with E-state index in [1.165, 1.54) is 5.56 Å². The third-order valence-corrected chi connectivity index (χ3v) is 4.12. The molecule has 2 heterocycles. The molecule has 5 nitrogen and oxygen atoms in total. The molecule has 0 aliphatic carbocycles. The summed E-state index contributed by atoms with van der Waals surface area (Å²) in [5.74, 6) is 0.998. The average Bonchev–Trinajstić information content (AvgIpc) is 2.63. The summed E-state index contributed by atoms with van der Waals surface area (Å²) in [6.45, 7) is 5.24. The molecule has 1 saturated heterocycles. The van der Waals surface area contributed by atoms with Crippen molar-refractivity contribution < 1.29 is 9.53 Å². The molecule has 1 aliphatic heterocycles. The Labute approximate surface area is 142 Å². The van der Waals surface area contributed by atoms with Crippen molar-refractivity contribution in [1.29, 1.82) is 0 Å². The number of ether oxygens (including phenoxy) is 1. The number of benzene rings is 1. The smallest absolute Gasteiger partial charge is 0.224 e. The molecule has 1 fully saturated rings. The van der Waals surface area contributed by atoms with Crippen LogP contribution in [0, 0.1) is 6.92 Å². The SMILES string of the molecule is Cc1ccc(NC(=O)CCc2ccnc(N3CCOCC3)c2)cc1. The Morgan fingerprint density at radius 1 is 1.21 bits per heavy atom. The quantitative estimate of drug-likeness (QED) is 0.918. The molecule has 1 aromatic carbocycles. The third kappa shape index (κ3) is 4.55. The van der Waals surface area contributed by atoms with E-state index < -0.39 is 0 Å². The minimum atomic E-state index is 0.0311. The van der Waals surface area contributed by atoms with Crippen molar-refractivity contribution in [3.05, 3.63) is 53.7 Å². The maximum atomic E-state index is 12.1. The van der Waals surface area contributed by atoms with Crippen LogP contribution in [-0.4, -0.2) is 37.2 Å². The van der Waals surface area contributed by atoms with Crippen LogP contribution < -0.4 is 10.2 Å². The van der Waals surface area contributed by atoms with Crippen LogP contribution in [0.1, 0.15) is 17.5 Å². The molecular weight excluding hydrogens is 302 g/mol. The van der Waals surface area contributed by atoms with Crippen molar-refractivity contribution in [3.63, 3.8) is 0 Å². The first-order valence-electron chi connectivity index (χ1n) is 8.35. The molecule has 0 saturated carbocycles. The van der Waals surface area contributed by atoms with Gasteiger partial charge in [0.2, 0.25) is 5.91 Å². The van der Waals surface area contributed by atoms with Gasteiger partial charge in [-0.15, -0.1) is 0 Å². The summed E-state index contributed by atoms with van der Waals surface area (Å²) >= 11 is 0. The minimum absolute atomic E-state index is 0.0311. The van der Waals surface area contributed by atoms with Crippen molar-refractivity contribution in [3.8, 4) is 0 Å². The Hall–Kier alpha value is -2.40. The maximum Gasteiger partial charge on any atom is 0.224 e. The number of aryl methyl sites for hydroxylation is 2. The van der Waals surface area contributed by atoms with E-state index in [0.717, 1.165) is 43.4 Å². The second kappa shape index (κ2) is 7.93. The highest BCUT2D eigenvalue weighted by molar-refractivity contribution is 5.90. The van der Waals surface area contributed by atoms with Gasteiger partial charge in [0.25, 0.3) is 0 Å². The van der Waals surface area contributed by atoms with Crippen molar-refractivity contribution in [1.82, 2.24) is 4.98 Å². The molecule has 0 bridgehead atoms. The number of nitrogens with zero attached hydrogens (tertiary/aromatic N) is 2. The molecular formula is C19H23N3O2. The van der Waals surface area contributed by atoms with Gasteiger partial charge in [-0.1, -0.05) is 17.7 Å². The number of nitrogens with one attached hydrogen (secondary N) is 1. The zero-order valence-electron chi connectivity index (χ0n) is 14.0. The number of rotatable bonds is 5. The van der Waals surface area contributed by atoms with Crippen LogP contribution in [0.4, 0.5) is 11.5 Å². The van der Waals surface area contributed by atoms with E-state index in [-0.39, 0.29) is 5.91 Å². The first kappa shape index (κ1) is 16.5. The van der Waals surface area contributed by atoms with Crippen molar-refractivity contribution >= 4 is 17.4 Å². The van der Waals surface area contributed by atoms with Gasteiger partial charge in [0.15, 0.2) is 0 Å². The molecule has 126 valence electrons. The van der Waals surface area contributed by atoms with Gasteiger partial charge in [-0.25, -0.2) is 4.98 Å². The van der Waals surface area contributed by atoms with E-state index in [1.807, 2.05) is 43.5 Å². The zero-order chi connectivity index (χ0) is 16.8. The largest absolute Gasteiger partial charge is 0.378 e. The summed E-state index contributed by atoms with van der Waals surface area (Å²) in [6.07, 6.45) is 2.98. The fraction of sp³-hybridized carbons (Fsp3) is 0.368. The minimum Gasteiger partial charge on any atom is -0.378 e. The summed E-state index contributed by atoms with van der Waals surface area (Å²) < 4.78 is 5.37. The van der Waals surface area contributed by atoms with Gasteiger partial charge in [-0.3, -0.25) is 4.79 Å². The number of hydrogen-bond donors (Lipinski definition) is 1. The Morgan fingerprint density at radius 3 is 2.71 bits per heavy atom. The number of pyridine rings is 1. The van der Waals surface area contributed by atoms with Gasteiger partial charge >= 0.3 is 0 Å². The predicted molar refractivity (Wildman–Crippen MR) is 95.4 cm³/mol. The van der Waals surface area contributed by atoms with Gasteiger partial charge in [0, 0.05) is 31.4 Å². The van der Waals surface area contributed by atoms with E-state index in [9.17, 15) is 4.79 Å². The molecule has 1 amide bonds. The third-order valence-electron chi connectivity index (χ3n) is 4.12. The van der Waals surface area contributed by atoms with Crippen LogP contribution in [-0.2, 0) is 16.0 Å². The summed E-state index contributed by atoms with van der Waals surface area (Å²) in [5.41, 5.74) is 3.15. The Morgan fingerprint density at radius 2 is 1.96 bits per heavy atom. The summed E-state index contributed by atoms with van der Waals surface area (Å²) in [4.78, 5) is 18.8. The van der Waals surface area contributed by atoms with E-state index in [4.69, 9.17) is 4.74 Å². The Kier molecular flexibility index (Phi) is 5.43. The fourth-order valence-corrected chi connectivity index (χ4v) is 2.70. The number of aromatic nitrogens is 1. The number of anilines is 2. The van der Waals surface area contributed by atoms with Crippen LogP contribution >= 0.6 is 0 Å². The normalized spacial score (nSPS) is 14.5. The molecule has 2 aromatic rings. The van der Waals surface area contributed by atoms with Gasteiger partial charge in [-0.05, 0) is 43.2 Å². The molecule has 3 rings (SSSR count). The van der Waals surface area contributed by atoms with Gasteiger partial charge in [0.1, 0.15) is 5.82 Å². The molecule has 0 atom stereocenters. The van der Waals surface area contributed by atoms with Crippen LogP contribution in [0.15, 0.2) is 42.6 Å². The van der Waals surface area contributed by atoms with E-state index in [1.54, 1.807) is 0 Å². The summed E-state index contributed by atoms with van der Waals surface area (Å²) in [5, 5.41) is 2.94. The highest BCUT2D eigenvalue weighted by Crippen LogP contribution is 2.16. The number of morpholine rings is 1. The first-order chi connectivity index (χ1) is 11.7. The van der Waals surface area contributed by atoms with Gasteiger partial charge < -0.3 is 15.0 Å². The molecule has 0 unspecified atom stereocenters. The predicted octanol–water partition coefficient (Wildman–Crippen LogP) is 2.80. The van der Waals surface area contributed by atoms with Crippen LogP contribution in [0.2, 0.25) is 0 Å². The summed E-state index contributed by atoms with van der Waals surface area (Å²) in [7, 11) is 0. The Balaban J connectivity index is 1.54. The van der Waals surface area contributed by atoms with Crippen molar-refractivity contribution in [2.45, 2.75) is 19.8 Å². The Bertz CT molecular complexity index is 679. The van der Waals surface area contributed by atoms with Crippen LogP contribution in [0.25, 0.3) is 0 Å². The molecule has 0 radical (unpaired) electrons. The maximum absolute atomic E-state index is 12.1. The van der Waals surface area contributed by atoms with Gasteiger partial charge in [-0.2, -0.15) is 0 Å². The molecule has 1 N–H and O–H groups in total. The molecule has 5 heteroatoms. The van der Waals surface area contributed by atoms with Crippen molar-refractivity contribution in [2.75, 3.05) is 36.5 Å². The van der Waals surface area contributed by atoms with E-state index in [2.05, 4.69) is 21.3 Å². The van der Waals surface area contributed by atoms with Crippen LogP contribution in [0.5, 0.6) is 0 Å². The second-order valence-electron chi connectivity index (χ2n) is 6.04. The fourth-order valence-electron chi connectivity index (χ4n) is 2.70. The molecule has 1 aliphatic rings. The summed E-state index contributed by atoms with van der Waals surface area (Å²) in [6, 6.07) is 11.9. The molecule has 24 heavy (non-hydrogen) atoms. The van der Waals surface area contributed by atoms with Gasteiger partial charge in [0.05, 0.1) is 13.2 Å². The number of carbonyl (C=O) groups is 1. The number of amides is 1. The molecule has 0 spiro atoms. The number of hydrogen-bond acceptors (Lipinski definition) is 4. The van der Waals surface area contributed by atoms with E-state index in [0.29, 0.717) is 12.8 Å². The monoisotopic (exact) mass is 325 g/mol. The lowest BCUT2D eigenvalue weighted by molar-refractivity contribution is -0.116. The lowest BCUT2D eigenvalue weighted by Crippen LogP contribution is -2.36. The number of carbonyl (C=O) groups excluding carboxylic acids is 1. The van der Waals surface area contributed by atoms with Crippen molar-refractivity contribution in [2.24, 2.45) is 0 Å². The first-order valence-corrected chi connectivity index (χ1v) is 8.35. The highest BCUT2D eigenvalue weighted by atomic mass is 16.5. The lowest BCUT2D eigenvalue weighted by Gasteiger charge is -2.28.